The quantitative estimate of drug-likeness (QED) is 0.851. The average Bonchev–Trinajstić information content (AvgIpc) is 2.84. The Morgan fingerprint density at radius 3 is 2.52 bits per heavy atom. The summed E-state index contributed by atoms with van der Waals surface area (Å²) >= 11 is 0. The van der Waals surface area contributed by atoms with Crippen LogP contribution in [0.2, 0.25) is 0 Å². The molecule has 2 aromatic rings. The van der Waals surface area contributed by atoms with Gasteiger partial charge in [-0.05, 0) is 5.56 Å². The Hall–Kier alpha value is -2.63. The van der Waals surface area contributed by atoms with Gasteiger partial charge in [-0.25, -0.2) is 0 Å². The predicted molar refractivity (Wildman–Crippen MR) is 77.9 cm³/mol. The largest absolute Gasteiger partial charge is 0.481 e. The van der Waals surface area contributed by atoms with Crippen LogP contribution in [-0.2, 0) is 16.6 Å². The standard InChI is InChI=1S/C15H17N3O3/c1-18-13(7-8-16-18)17-14(19)9-12(10-15(20)21)11-5-3-2-4-6-11/h2-8,12H,9-10H2,1H3,(H,17,19)(H,20,21)/t12-/m0/s1. The maximum absolute atomic E-state index is 12.1. The van der Waals surface area contributed by atoms with E-state index in [9.17, 15) is 9.59 Å². The van der Waals surface area contributed by atoms with E-state index in [1.807, 2.05) is 30.3 Å². The molecule has 6 nitrogen and oxygen atoms in total. The van der Waals surface area contributed by atoms with Gasteiger partial charge in [0.1, 0.15) is 5.82 Å². The predicted octanol–water partition coefficient (Wildman–Crippen LogP) is 2.01. The molecule has 1 aromatic heterocycles. The number of aliphatic carboxylic acids is 1. The SMILES string of the molecule is Cn1nccc1NC(=O)C[C@@H](CC(=O)O)c1ccccc1. The normalized spacial score (nSPS) is 11.9. The van der Waals surface area contributed by atoms with Crippen molar-refractivity contribution in [3.05, 3.63) is 48.2 Å². The smallest absolute Gasteiger partial charge is 0.303 e. The van der Waals surface area contributed by atoms with Crippen molar-refractivity contribution in [2.24, 2.45) is 7.05 Å². The number of benzene rings is 1. The van der Waals surface area contributed by atoms with Crippen LogP contribution in [0.3, 0.4) is 0 Å². The third-order valence-corrected chi connectivity index (χ3v) is 3.21. The van der Waals surface area contributed by atoms with Crippen molar-refractivity contribution >= 4 is 17.7 Å². The minimum atomic E-state index is -0.919. The van der Waals surface area contributed by atoms with Gasteiger partial charge in [0.2, 0.25) is 5.91 Å². The van der Waals surface area contributed by atoms with Crippen LogP contribution in [0.4, 0.5) is 5.82 Å². The zero-order valence-corrected chi connectivity index (χ0v) is 11.7. The second-order valence-corrected chi connectivity index (χ2v) is 4.80. The second-order valence-electron chi connectivity index (χ2n) is 4.80. The fraction of sp³-hybridized carbons (Fsp3) is 0.267. The molecule has 1 atom stereocenters. The van der Waals surface area contributed by atoms with Gasteiger partial charge in [-0.15, -0.1) is 0 Å². The summed E-state index contributed by atoms with van der Waals surface area (Å²) in [5, 5.41) is 15.7. The Balaban J connectivity index is 2.06. The molecule has 0 bridgehead atoms. The van der Waals surface area contributed by atoms with Gasteiger partial charge >= 0.3 is 5.97 Å². The number of carbonyl (C=O) groups excluding carboxylic acids is 1. The van der Waals surface area contributed by atoms with Crippen molar-refractivity contribution in [3.63, 3.8) is 0 Å². The van der Waals surface area contributed by atoms with Gasteiger partial charge in [0.05, 0.1) is 12.6 Å². The van der Waals surface area contributed by atoms with E-state index in [0.29, 0.717) is 5.82 Å². The monoisotopic (exact) mass is 287 g/mol. The first-order chi connectivity index (χ1) is 10.1. The molecule has 6 heteroatoms. The van der Waals surface area contributed by atoms with E-state index in [4.69, 9.17) is 5.11 Å². The summed E-state index contributed by atoms with van der Waals surface area (Å²) < 4.78 is 1.55. The molecule has 0 aliphatic heterocycles. The van der Waals surface area contributed by atoms with Crippen LogP contribution < -0.4 is 5.32 Å². The van der Waals surface area contributed by atoms with Gasteiger partial charge in [-0.3, -0.25) is 14.3 Å². The molecule has 0 aliphatic rings. The van der Waals surface area contributed by atoms with E-state index in [-0.39, 0.29) is 24.7 Å². The number of aryl methyl sites for hydroxylation is 1. The number of carboxylic acids is 1. The van der Waals surface area contributed by atoms with Gasteiger partial charge in [0.25, 0.3) is 0 Å². The summed E-state index contributed by atoms with van der Waals surface area (Å²) in [6.07, 6.45) is 1.62. The second kappa shape index (κ2) is 6.69. The Labute approximate surface area is 122 Å². The summed E-state index contributed by atoms with van der Waals surface area (Å²) in [6, 6.07) is 10.9. The van der Waals surface area contributed by atoms with Crippen molar-refractivity contribution in [2.45, 2.75) is 18.8 Å². The lowest BCUT2D eigenvalue weighted by molar-refractivity contribution is -0.137. The molecule has 21 heavy (non-hydrogen) atoms. The van der Waals surface area contributed by atoms with Crippen LogP contribution in [0, 0.1) is 0 Å². The Kier molecular flexibility index (Phi) is 4.71. The number of carbonyl (C=O) groups is 2. The first kappa shape index (κ1) is 14.8. The first-order valence-electron chi connectivity index (χ1n) is 6.61. The van der Waals surface area contributed by atoms with Gasteiger partial charge < -0.3 is 10.4 Å². The third-order valence-electron chi connectivity index (χ3n) is 3.21. The van der Waals surface area contributed by atoms with Crippen LogP contribution in [0.15, 0.2) is 42.6 Å². The highest BCUT2D eigenvalue weighted by atomic mass is 16.4. The van der Waals surface area contributed by atoms with Crippen molar-refractivity contribution in [3.8, 4) is 0 Å². The molecule has 0 saturated heterocycles. The summed E-state index contributed by atoms with van der Waals surface area (Å²) in [4.78, 5) is 23.1. The summed E-state index contributed by atoms with van der Waals surface area (Å²) in [5.41, 5.74) is 0.847. The van der Waals surface area contributed by atoms with E-state index in [0.717, 1.165) is 5.56 Å². The number of carboxylic acid groups (broad SMARTS) is 1. The van der Waals surface area contributed by atoms with Gasteiger partial charge in [0, 0.05) is 25.5 Å². The maximum atomic E-state index is 12.1. The maximum Gasteiger partial charge on any atom is 0.303 e. The van der Waals surface area contributed by atoms with E-state index < -0.39 is 5.97 Å². The highest BCUT2D eigenvalue weighted by Gasteiger charge is 2.19. The summed E-state index contributed by atoms with van der Waals surface area (Å²) in [5.74, 6) is -0.912. The molecule has 0 unspecified atom stereocenters. The van der Waals surface area contributed by atoms with Crippen molar-refractivity contribution in [1.29, 1.82) is 0 Å². The molecule has 2 rings (SSSR count). The van der Waals surface area contributed by atoms with Gasteiger partial charge in [0.15, 0.2) is 0 Å². The van der Waals surface area contributed by atoms with Crippen molar-refractivity contribution < 1.29 is 14.7 Å². The lowest BCUT2D eigenvalue weighted by Crippen LogP contribution is -2.19. The molecular weight excluding hydrogens is 270 g/mol. The van der Waals surface area contributed by atoms with Crippen LogP contribution in [0.1, 0.15) is 24.3 Å². The fourth-order valence-electron chi connectivity index (χ4n) is 2.16. The molecule has 0 radical (unpaired) electrons. The van der Waals surface area contributed by atoms with Gasteiger partial charge in [-0.1, -0.05) is 30.3 Å². The number of amides is 1. The van der Waals surface area contributed by atoms with E-state index in [1.54, 1.807) is 24.0 Å². The number of hydrogen-bond acceptors (Lipinski definition) is 3. The lowest BCUT2D eigenvalue weighted by atomic mass is 9.92. The number of aromatic nitrogens is 2. The van der Waals surface area contributed by atoms with E-state index in [1.165, 1.54) is 0 Å². The number of rotatable bonds is 6. The molecule has 1 amide bonds. The number of anilines is 1. The minimum absolute atomic E-state index is 0.0805. The minimum Gasteiger partial charge on any atom is -0.481 e. The van der Waals surface area contributed by atoms with Crippen molar-refractivity contribution in [1.82, 2.24) is 9.78 Å². The Morgan fingerprint density at radius 2 is 1.95 bits per heavy atom. The van der Waals surface area contributed by atoms with Crippen LogP contribution >= 0.6 is 0 Å². The molecule has 0 aliphatic carbocycles. The zero-order valence-electron chi connectivity index (χ0n) is 11.7. The highest BCUT2D eigenvalue weighted by Crippen LogP contribution is 2.24. The summed E-state index contributed by atoms with van der Waals surface area (Å²) in [6.45, 7) is 0. The Bertz CT molecular complexity index is 622. The van der Waals surface area contributed by atoms with Gasteiger partial charge in [-0.2, -0.15) is 5.10 Å². The van der Waals surface area contributed by atoms with Crippen LogP contribution in [0.5, 0.6) is 0 Å². The zero-order chi connectivity index (χ0) is 15.2. The molecule has 0 spiro atoms. The van der Waals surface area contributed by atoms with Crippen LogP contribution in [0.25, 0.3) is 0 Å². The number of nitrogens with one attached hydrogen (secondary N) is 1. The average molecular weight is 287 g/mol. The molecular formula is C15H17N3O3. The fourth-order valence-corrected chi connectivity index (χ4v) is 2.16. The molecule has 1 aromatic carbocycles. The Morgan fingerprint density at radius 1 is 1.24 bits per heavy atom. The van der Waals surface area contributed by atoms with E-state index >= 15 is 0 Å². The molecule has 2 N–H and O–H groups in total. The number of hydrogen-bond donors (Lipinski definition) is 2. The van der Waals surface area contributed by atoms with E-state index in [2.05, 4.69) is 10.4 Å². The molecule has 1 heterocycles. The summed E-state index contributed by atoms with van der Waals surface area (Å²) in [7, 11) is 1.72. The lowest BCUT2D eigenvalue weighted by Gasteiger charge is -2.15. The number of nitrogens with zero attached hydrogens (tertiary/aromatic N) is 2. The third kappa shape index (κ3) is 4.17. The molecule has 0 fully saturated rings. The van der Waals surface area contributed by atoms with Crippen molar-refractivity contribution in [2.75, 3.05) is 5.32 Å². The molecule has 110 valence electrons. The first-order valence-corrected chi connectivity index (χ1v) is 6.61. The highest BCUT2D eigenvalue weighted by molar-refractivity contribution is 5.90. The topological polar surface area (TPSA) is 84.2 Å². The van der Waals surface area contributed by atoms with Crippen LogP contribution in [-0.4, -0.2) is 26.8 Å². The molecule has 0 saturated carbocycles.